The van der Waals surface area contributed by atoms with Gasteiger partial charge in [-0.25, -0.2) is 8.42 Å². The summed E-state index contributed by atoms with van der Waals surface area (Å²) >= 11 is 3.40. The van der Waals surface area contributed by atoms with Gasteiger partial charge < -0.3 is 10.5 Å². The highest BCUT2D eigenvalue weighted by Gasteiger charge is 2.30. The van der Waals surface area contributed by atoms with Crippen molar-refractivity contribution in [2.45, 2.75) is 31.4 Å². The molecule has 0 aromatic heterocycles. The van der Waals surface area contributed by atoms with Crippen LogP contribution in [0.4, 0.5) is 0 Å². The summed E-state index contributed by atoms with van der Waals surface area (Å²) in [5.41, 5.74) is 7.14. The van der Waals surface area contributed by atoms with Crippen molar-refractivity contribution in [2.75, 3.05) is 19.7 Å². The number of ether oxygens (including phenoxy) is 1. The molecule has 1 aromatic rings. The second-order valence-corrected chi connectivity index (χ2v) is 7.71. The van der Waals surface area contributed by atoms with Crippen molar-refractivity contribution >= 4 is 26.0 Å². The lowest BCUT2D eigenvalue weighted by Crippen LogP contribution is -2.44. The van der Waals surface area contributed by atoms with Crippen molar-refractivity contribution in [2.24, 2.45) is 5.73 Å². The molecule has 112 valence electrons. The van der Waals surface area contributed by atoms with Gasteiger partial charge in [-0.2, -0.15) is 4.31 Å². The fourth-order valence-corrected chi connectivity index (χ4v) is 4.67. The number of nitrogens with two attached hydrogens (primary N) is 1. The molecule has 1 aromatic carbocycles. The van der Waals surface area contributed by atoms with Gasteiger partial charge in [0, 0.05) is 24.1 Å². The second kappa shape index (κ2) is 6.11. The number of hydrogen-bond donors (Lipinski definition) is 1. The highest BCUT2D eigenvalue weighted by Crippen LogP contribution is 2.28. The lowest BCUT2D eigenvalue weighted by atomic mass is 10.1. The minimum absolute atomic E-state index is 0.0834. The molecule has 0 bridgehead atoms. The molecule has 0 radical (unpaired) electrons. The first-order chi connectivity index (χ1) is 9.36. The molecule has 1 heterocycles. The van der Waals surface area contributed by atoms with Crippen molar-refractivity contribution in [1.82, 2.24) is 4.31 Å². The third kappa shape index (κ3) is 3.07. The molecule has 2 rings (SSSR count). The molecule has 0 saturated carbocycles. The van der Waals surface area contributed by atoms with Crippen LogP contribution in [0, 0.1) is 6.92 Å². The number of rotatable bonds is 3. The molecule has 0 spiro atoms. The molecular weight excluding hydrogens is 344 g/mol. The number of benzene rings is 1. The van der Waals surface area contributed by atoms with Crippen LogP contribution in [0.1, 0.15) is 18.1 Å². The SMILES string of the molecule is Cc1c(Br)cc(CN)cc1S(=O)(=O)N1CCOC(C)C1. The fourth-order valence-electron chi connectivity index (χ4n) is 2.24. The van der Waals surface area contributed by atoms with Crippen molar-refractivity contribution in [3.8, 4) is 0 Å². The summed E-state index contributed by atoms with van der Waals surface area (Å²) in [6, 6.07) is 3.52. The Balaban J connectivity index is 2.46. The third-order valence-corrected chi connectivity index (χ3v) is 6.23. The Labute approximate surface area is 128 Å². The normalized spacial score (nSPS) is 21.1. The maximum absolute atomic E-state index is 12.8. The van der Waals surface area contributed by atoms with E-state index in [0.29, 0.717) is 36.7 Å². The number of hydrogen-bond acceptors (Lipinski definition) is 4. The van der Waals surface area contributed by atoms with Crippen LogP contribution >= 0.6 is 15.9 Å². The average molecular weight is 363 g/mol. The van der Waals surface area contributed by atoms with Gasteiger partial charge in [0.15, 0.2) is 0 Å². The molecular formula is C13H19BrN2O3S. The van der Waals surface area contributed by atoms with Gasteiger partial charge in [0.05, 0.1) is 17.6 Å². The van der Waals surface area contributed by atoms with E-state index in [2.05, 4.69) is 15.9 Å². The third-order valence-electron chi connectivity index (χ3n) is 3.41. The van der Waals surface area contributed by atoms with E-state index in [9.17, 15) is 8.42 Å². The Morgan fingerprint density at radius 1 is 1.50 bits per heavy atom. The average Bonchev–Trinajstić information content (AvgIpc) is 2.41. The van der Waals surface area contributed by atoms with Gasteiger partial charge in [-0.3, -0.25) is 0 Å². The summed E-state index contributed by atoms with van der Waals surface area (Å²) in [7, 11) is -3.51. The zero-order chi connectivity index (χ0) is 14.9. The number of morpholine rings is 1. The van der Waals surface area contributed by atoms with Crippen LogP contribution < -0.4 is 5.73 Å². The Kier molecular flexibility index (Phi) is 4.86. The van der Waals surface area contributed by atoms with Gasteiger partial charge in [-0.1, -0.05) is 15.9 Å². The highest BCUT2D eigenvalue weighted by atomic mass is 79.9. The van der Waals surface area contributed by atoms with Crippen molar-refractivity contribution in [3.63, 3.8) is 0 Å². The molecule has 1 saturated heterocycles. The first kappa shape index (κ1) is 15.9. The van der Waals surface area contributed by atoms with Gasteiger partial charge in [0.25, 0.3) is 0 Å². The topological polar surface area (TPSA) is 72.6 Å². The minimum atomic E-state index is -3.51. The minimum Gasteiger partial charge on any atom is -0.376 e. The lowest BCUT2D eigenvalue weighted by Gasteiger charge is -2.31. The van der Waals surface area contributed by atoms with Gasteiger partial charge in [0.2, 0.25) is 10.0 Å². The molecule has 7 heteroatoms. The van der Waals surface area contributed by atoms with Crippen LogP contribution in [0.15, 0.2) is 21.5 Å². The van der Waals surface area contributed by atoms with Gasteiger partial charge in [-0.05, 0) is 37.1 Å². The number of nitrogens with zero attached hydrogens (tertiary/aromatic N) is 1. The largest absolute Gasteiger partial charge is 0.376 e. The predicted octanol–water partition coefficient (Wildman–Crippen LogP) is 1.63. The van der Waals surface area contributed by atoms with Crippen molar-refractivity contribution in [3.05, 3.63) is 27.7 Å². The van der Waals surface area contributed by atoms with Crippen LogP contribution in [0.25, 0.3) is 0 Å². The zero-order valence-electron chi connectivity index (χ0n) is 11.6. The van der Waals surface area contributed by atoms with E-state index in [1.807, 2.05) is 13.0 Å². The summed E-state index contributed by atoms with van der Waals surface area (Å²) < 4.78 is 33.2. The van der Waals surface area contributed by atoms with Gasteiger partial charge in [0.1, 0.15) is 0 Å². The molecule has 0 amide bonds. The zero-order valence-corrected chi connectivity index (χ0v) is 14.0. The number of halogens is 1. The van der Waals surface area contributed by atoms with E-state index < -0.39 is 10.0 Å². The predicted molar refractivity (Wildman–Crippen MR) is 80.9 cm³/mol. The summed E-state index contributed by atoms with van der Waals surface area (Å²) in [6.07, 6.45) is -0.0834. The molecule has 1 fully saturated rings. The monoisotopic (exact) mass is 362 g/mol. The van der Waals surface area contributed by atoms with Crippen molar-refractivity contribution < 1.29 is 13.2 Å². The van der Waals surface area contributed by atoms with Crippen LogP contribution in [0.2, 0.25) is 0 Å². The van der Waals surface area contributed by atoms with E-state index in [1.165, 1.54) is 4.31 Å². The second-order valence-electron chi connectivity index (χ2n) is 4.95. The van der Waals surface area contributed by atoms with Crippen LogP contribution in [-0.4, -0.2) is 38.5 Å². The fraction of sp³-hybridized carbons (Fsp3) is 0.538. The van der Waals surface area contributed by atoms with E-state index in [-0.39, 0.29) is 6.10 Å². The Bertz CT molecular complexity index is 604. The highest BCUT2D eigenvalue weighted by molar-refractivity contribution is 9.10. The summed E-state index contributed by atoms with van der Waals surface area (Å²) in [4.78, 5) is 0.321. The van der Waals surface area contributed by atoms with Crippen LogP contribution in [-0.2, 0) is 21.3 Å². The molecule has 1 atom stereocenters. The molecule has 5 nitrogen and oxygen atoms in total. The summed E-state index contributed by atoms with van der Waals surface area (Å²) in [5, 5.41) is 0. The van der Waals surface area contributed by atoms with E-state index in [1.54, 1.807) is 13.0 Å². The van der Waals surface area contributed by atoms with Crippen LogP contribution in [0.3, 0.4) is 0 Å². The molecule has 1 aliphatic rings. The molecule has 2 N–H and O–H groups in total. The first-order valence-electron chi connectivity index (χ1n) is 6.47. The Morgan fingerprint density at radius 3 is 2.80 bits per heavy atom. The molecule has 1 unspecified atom stereocenters. The maximum atomic E-state index is 12.8. The van der Waals surface area contributed by atoms with E-state index in [0.717, 1.165) is 10.0 Å². The van der Waals surface area contributed by atoms with Gasteiger partial charge >= 0.3 is 0 Å². The maximum Gasteiger partial charge on any atom is 0.243 e. The Hall–Kier alpha value is -0.470. The van der Waals surface area contributed by atoms with E-state index >= 15 is 0 Å². The lowest BCUT2D eigenvalue weighted by molar-refractivity contribution is 0.0102. The number of sulfonamides is 1. The standard InChI is InChI=1S/C13H19BrN2O3S/c1-9-8-16(3-4-19-9)20(17,18)13-6-11(7-15)5-12(14)10(13)2/h5-6,9H,3-4,7-8,15H2,1-2H3. The van der Waals surface area contributed by atoms with Gasteiger partial charge in [-0.15, -0.1) is 0 Å². The smallest absolute Gasteiger partial charge is 0.243 e. The first-order valence-corrected chi connectivity index (χ1v) is 8.70. The summed E-state index contributed by atoms with van der Waals surface area (Å²) in [5.74, 6) is 0. The quantitative estimate of drug-likeness (QED) is 0.886. The molecule has 0 aliphatic carbocycles. The summed E-state index contributed by atoms with van der Waals surface area (Å²) in [6.45, 7) is 5.17. The molecule has 1 aliphatic heterocycles. The molecule has 20 heavy (non-hydrogen) atoms. The van der Waals surface area contributed by atoms with E-state index in [4.69, 9.17) is 10.5 Å². The van der Waals surface area contributed by atoms with Crippen molar-refractivity contribution in [1.29, 1.82) is 0 Å². The van der Waals surface area contributed by atoms with Crippen LogP contribution in [0.5, 0.6) is 0 Å². The Morgan fingerprint density at radius 2 is 2.20 bits per heavy atom.